The summed E-state index contributed by atoms with van der Waals surface area (Å²) < 4.78 is 15.5. The number of nitrogens with two attached hydrogens (primary N) is 1. The van der Waals surface area contributed by atoms with Gasteiger partial charge < -0.3 is 16.2 Å². The normalized spacial score (nSPS) is 12.1. The first kappa shape index (κ1) is 23.0. The van der Waals surface area contributed by atoms with Crippen LogP contribution in [0.1, 0.15) is 11.1 Å². The summed E-state index contributed by atoms with van der Waals surface area (Å²) >= 11 is 1.52. The Balaban J connectivity index is 1.54. The molecule has 8 heteroatoms. The number of aliphatic hydroxyl groups excluding tert-OH is 1. The van der Waals surface area contributed by atoms with E-state index in [1.54, 1.807) is 6.07 Å². The quantitative estimate of drug-likeness (QED) is 0.285. The maximum Gasteiger partial charge on any atom is 0.165 e. The molecule has 0 bridgehead atoms. The summed E-state index contributed by atoms with van der Waals surface area (Å²) in [5.41, 5.74) is 11.2. The molecule has 1 atom stereocenters. The molecule has 0 aliphatic heterocycles. The number of hydrogen-bond acceptors (Lipinski definition) is 7. The Kier molecular flexibility index (Phi) is 6.76. The molecule has 0 aliphatic carbocycles. The third-order valence-electron chi connectivity index (χ3n) is 5.72. The summed E-state index contributed by atoms with van der Waals surface area (Å²) in [6.45, 7) is 0.441. The molecule has 6 nitrogen and oxygen atoms in total. The summed E-state index contributed by atoms with van der Waals surface area (Å²) in [7, 11) is 0. The Morgan fingerprint density at radius 3 is 2.63 bits per heavy atom. The van der Waals surface area contributed by atoms with Crippen molar-refractivity contribution in [3.63, 3.8) is 0 Å². The molecular formula is C27H24FN5OS. The van der Waals surface area contributed by atoms with Gasteiger partial charge in [0, 0.05) is 29.7 Å². The molecule has 0 aliphatic rings. The molecule has 0 saturated carbocycles. The van der Waals surface area contributed by atoms with Gasteiger partial charge in [0.2, 0.25) is 0 Å². The third-order valence-corrected chi connectivity index (χ3v) is 6.70. The molecule has 0 saturated heterocycles. The van der Waals surface area contributed by atoms with Gasteiger partial charge in [0.05, 0.1) is 28.6 Å². The highest BCUT2D eigenvalue weighted by Crippen LogP contribution is 2.38. The first-order valence-corrected chi connectivity index (χ1v) is 12.1. The third kappa shape index (κ3) is 5.05. The molecule has 0 radical (unpaired) electrons. The van der Waals surface area contributed by atoms with Crippen molar-refractivity contribution in [2.75, 3.05) is 11.9 Å². The Bertz CT molecular complexity index is 1460. The molecular weight excluding hydrogens is 461 g/mol. The lowest BCUT2D eigenvalue weighted by atomic mass is 10.0. The zero-order chi connectivity index (χ0) is 24.2. The van der Waals surface area contributed by atoms with Crippen LogP contribution in [0.2, 0.25) is 0 Å². The van der Waals surface area contributed by atoms with E-state index in [1.807, 2.05) is 47.8 Å². The number of hydrogen-bond donors (Lipinski definition) is 3. The molecule has 4 N–H and O–H groups in total. The smallest absolute Gasteiger partial charge is 0.165 e. The van der Waals surface area contributed by atoms with Crippen LogP contribution in [0.15, 0.2) is 78.4 Å². The molecule has 0 spiro atoms. The summed E-state index contributed by atoms with van der Waals surface area (Å²) in [5.74, 6) is 0.395. The summed E-state index contributed by atoms with van der Waals surface area (Å²) in [4.78, 5) is 13.3. The number of rotatable bonds is 8. The van der Waals surface area contributed by atoms with E-state index in [-0.39, 0.29) is 24.0 Å². The van der Waals surface area contributed by atoms with Crippen molar-refractivity contribution in [1.82, 2.24) is 15.0 Å². The second-order valence-corrected chi connectivity index (χ2v) is 9.15. The van der Waals surface area contributed by atoms with Gasteiger partial charge in [-0.15, -0.1) is 11.3 Å². The van der Waals surface area contributed by atoms with Gasteiger partial charge in [-0.05, 0) is 35.2 Å². The number of halogens is 1. The fourth-order valence-electron chi connectivity index (χ4n) is 3.97. The van der Waals surface area contributed by atoms with Crippen molar-refractivity contribution in [3.05, 3.63) is 95.4 Å². The van der Waals surface area contributed by atoms with Gasteiger partial charge in [0.25, 0.3) is 0 Å². The Labute approximate surface area is 206 Å². The van der Waals surface area contributed by atoms with Crippen LogP contribution in [0.4, 0.5) is 10.2 Å². The van der Waals surface area contributed by atoms with Crippen molar-refractivity contribution < 1.29 is 9.50 Å². The number of anilines is 1. The number of aromatic nitrogens is 3. The predicted molar refractivity (Wildman–Crippen MR) is 139 cm³/mol. The second kappa shape index (κ2) is 10.3. The molecule has 0 amide bonds. The summed E-state index contributed by atoms with van der Waals surface area (Å²) in [6.07, 6.45) is 3.40. The predicted octanol–water partition coefficient (Wildman–Crippen LogP) is 5.03. The van der Waals surface area contributed by atoms with Gasteiger partial charge >= 0.3 is 0 Å². The number of nitrogens with one attached hydrogen (secondary N) is 1. The van der Waals surface area contributed by atoms with E-state index in [4.69, 9.17) is 10.7 Å². The van der Waals surface area contributed by atoms with Gasteiger partial charge in [-0.2, -0.15) is 0 Å². The van der Waals surface area contributed by atoms with Crippen LogP contribution in [-0.4, -0.2) is 32.6 Å². The largest absolute Gasteiger partial charge is 0.392 e. The van der Waals surface area contributed by atoms with E-state index in [0.29, 0.717) is 17.9 Å². The standard InChI is InChI=1S/C27H24FN5OS/c28-23-14-30-10-9-21(23)26-32-24-22(19-8-4-7-18(11-19)15-34)16-35-25(24)27(33-26)31-13-20(29)12-17-5-2-1-3-6-17/h1-11,14,16,20,34H,12-13,15,29H2,(H,31,32,33)/t20-/m0/s1. The molecule has 5 aromatic rings. The molecule has 3 aromatic heterocycles. The van der Waals surface area contributed by atoms with Crippen molar-refractivity contribution >= 4 is 27.4 Å². The Hall–Kier alpha value is -3.72. The molecule has 5 rings (SSSR count). The van der Waals surface area contributed by atoms with Crippen LogP contribution in [0.3, 0.4) is 0 Å². The number of pyridine rings is 1. The Morgan fingerprint density at radius 1 is 1.00 bits per heavy atom. The minimum Gasteiger partial charge on any atom is -0.392 e. The van der Waals surface area contributed by atoms with Crippen LogP contribution in [-0.2, 0) is 13.0 Å². The highest BCUT2D eigenvalue weighted by molar-refractivity contribution is 7.18. The fraction of sp³-hybridized carbons (Fsp3) is 0.148. The van der Waals surface area contributed by atoms with Crippen LogP contribution in [0, 0.1) is 5.82 Å². The van der Waals surface area contributed by atoms with Crippen LogP contribution >= 0.6 is 11.3 Å². The number of nitrogens with zero attached hydrogens (tertiary/aromatic N) is 3. The van der Waals surface area contributed by atoms with E-state index < -0.39 is 5.82 Å². The fourth-order valence-corrected chi connectivity index (χ4v) is 4.95. The monoisotopic (exact) mass is 485 g/mol. The second-order valence-electron chi connectivity index (χ2n) is 8.27. The first-order chi connectivity index (χ1) is 17.1. The number of thiophene rings is 1. The van der Waals surface area contributed by atoms with E-state index in [9.17, 15) is 9.50 Å². The maximum absolute atomic E-state index is 14.6. The van der Waals surface area contributed by atoms with E-state index in [0.717, 1.165) is 39.6 Å². The highest BCUT2D eigenvalue weighted by Gasteiger charge is 2.18. The number of fused-ring (bicyclic) bond motifs is 1. The average molecular weight is 486 g/mol. The minimum absolute atomic E-state index is 0.0511. The molecule has 35 heavy (non-hydrogen) atoms. The van der Waals surface area contributed by atoms with Gasteiger partial charge in [-0.3, -0.25) is 4.98 Å². The van der Waals surface area contributed by atoms with Gasteiger partial charge in [-0.25, -0.2) is 14.4 Å². The topological polar surface area (TPSA) is 97.0 Å². The molecule has 0 unspecified atom stereocenters. The van der Waals surface area contributed by atoms with Crippen LogP contribution in [0.5, 0.6) is 0 Å². The SMILES string of the molecule is N[C@H](CNc1nc(-c2ccncc2F)nc2c(-c3cccc(CO)c3)csc12)Cc1ccccc1. The summed E-state index contributed by atoms with van der Waals surface area (Å²) in [6, 6.07) is 19.2. The van der Waals surface area contributed by atoms with E-state index in [2.05, 4.69) is 27.4 Å². The lowest BCUT2D eigenvalue weighted by Crippen LogP contribution is -2.31. The van der Waals surface area contributed by atoms with Gasteiger partial charge in [0.1, 0.15) is 5.82 Å². The van der Waals surface area contributed by atoms with Gasteiger partial charge in [0.15, 0.2) is 11.6 Å². The molecule has 176 valence electrons. The Morgan fingerprint density at radius 2 is 1.83 bits per heavy atom. The lowest BCUT2D eigenvalue weighted by molar-refractivity contribution is 0.282. The first-order valence-electron chi connectivity index (χ1n) is 11.2. The summed E-state index contributed by atoms with van der Waals surface area (Å²) in [5, 5.41) is 15.0. The molecule has 2 aromatic carbocycles. The molecule has 3 heterocycles. The minimum atomic E-state index is -0.488. The van der Waals surface area contributed by atoms with Crippen LogP contribution in [0.25, 0.3) is 32.7 Å². The van der Waals surface area contributed by atoms with E-state index in [1.165, 1.54) is 17.5 Å². The number of benzene rings is 2. The zero-order valence-corrected chi connectivity index (χ0v) is 19.7. The van der Waals surface area contributed by atoms with Crippen LogP contribution < -0.4 is 11.1 Å². The zero-order valence-electron chi connectivity index (χ0n) is 18.9. The van der Waals surface area contributed by atoms with Crippen molar-refractivity contribution in [3.8, 4) is 22.5 Å². The van der Waals surface area contributed by atoms with E-state index >= 15 is 0 Å². The van der Waals surface area contributed by atoms with Crippen molar-refractivity contribution in [1.29, 1.82) is 0 Å². The lowest BCUT2D eigenvalue weighted by Gasteiger charge is -2.15. The van der Waals surface area contributed by atoms with Crippen molar-refractivity contribution in [2.45, 2.75) is 19.1 Å². The average Bonchev–Trinajstić information content (AvgIpc) is 3.32. The van der Waals surface area contributed by atoms with Crippen molar-refractivity contribution in [2.24, 2.45) is 5.73 Å². The maximum atomic E-state index is 14.6. The van der Waals surface area contributed by atoms with Gasteiger partial charge in [-0.1, -0.05) is 48.5 Å². The highest BCUT2D eigenvalue weighted by atomic mass is 32.1. The molecule has 0 fully saturated rings. The number of aliphatic hydroxyl groups is 1.